The Bertz CT molecular complexity index is 783. The summed E-state index contributed by atoms with van der Waals surface area (Å²) < 4.78 is 1.55. The average molecular weight is 343 g/mol. The van der Waals surface area contributed by atoms with Gasteiger partial charge in [-0.15, -0.1) is 0 Å². The molecule has 25 heavy (non-hydrogen) atoms. The molecule has 1 aliphatic rings. The van der Waals surface area contributed by atoms with Crippen LogP contribution in [0, 0.1) is 24.0 Å². The molecule has 2 heterocycles. The summed E-state index contributed by atoms with van der Waals surface area (Å²) >= 11 is 0. The molecule has 1 fully saturated rings. The molecule has 0 unspecified atom stereocenters. The fraction of sp³-hybridized carbons (Fsp3) is 0.471. The predicted octanol–water partition coefficient (Wildman–Crippen LogP) is 2.38. The number of aryl methyl sites for hydroxylation is 2. The van der Waals surface area contributed by atoms with Crippen molar-refractivity contribution in [2.24, 2.45) is 0 Å². The predicted molar refractivity (Wildman–Crippen MR) is 90.8 cm³/mol. The van der Waals surface area contributed by atoms with Gasteiger partial charge in [-0.3, -0.25) is 24.6 Å². The molecule has 1 saturated carbocycles. The molecular weight excluding hydrogens is 322 g/mol. The Hall–Kier alpha value is -2.77. The number of hydrogen-bond acceptors (Lipinski definition) is 5. The molecule has 8 nitrogen and oxygen atoms in total. The van der Waals surface area contributed by atoms with Crippen molar-refractivity contribution in [2.75, 3.05) is 0 Å². The van der Waals surface area contributed by atoms with Crippen LogP contribution in [0.4, 0.5) is 5.69 Å². The highest BCUT2D eigenvalue weighted by molar-refractivity contribution is 5.76. The van der Waals surface area contributed by atoms with E-state index in [1.54, 1.807) is 24.7 Å². The largest absolute Gasteiger partial charge is 0.334 e. The van der Waals surface area contributed by atoms with Crippen LogP contribution in [0.5, 0.6) is 0 Å². The van der Waals surface area contributed by atoms with Gasteiger partial charge in [0.2, 0.25) is 5.91 Å². The lowest BCUT2D eigenvalue weighted by Gasteiger charge is -2.22. The summed E-state index contributed by atoms with van der Waals surface area (Å²) in [5.74, 6) is 0.0309. The highest BCUT2D eigenvalue weighted by Crippen LogP contribution is 2.29. The van der Waals surface area contributed by atoms with Crippen molar-refractivity contribution in [3.05, 3.63) is 51.6 Å². The third kappa shape index (κ3) is 3.84. The van der Waals surface area contributed by atoms with E-state index in [0.717, 1.165) is 18.5 Å². The molecule has 0 bridgehead atoms. The van der Waals surface area contributed by atoms with Gasteiger partial charge < -0.3 is 4.90 Å². The van der Waals surface area contributed by atoms with E-state index in [1.807, 2.05) is 23.1 Å². The summed E-state index contributed by atoms with van der Waals surface area (Å²) in [6.07, 6.45) is 4.02. The van der Waals surface area contributed by atoms with Gasteiger partial charge in [0, 0.05) is 18.7 Å². The van der Waals surface area contributed by atoms with E-state index in [-0.39, 0.29) is 24.1 Å². The second-order valence-corrected chi connectivity index (χ2v) is 6.32. The maximum absolute atomic E-state index is 12.7. The standard InChI is InChI=1S/C17H21N5O3/c1-12-17(22(24)25)13(2)21(19-12)10-8-16(23)20(15-6-7-15)11-14-5-3-4-9-18-14/h3-5,9,15H,6-8,10-11H2,1-2H3. The van der Waals surface area contributed by atoms with E-state index in [2.05, 4.69) is 10.1 Å². The third-order valence-electron chi connectivity index (χ3n) is 4.43. The van der Waals surface area contributed by atoms with Gasteiger partial charge in [-0.1, -0.05) is 6.07 Å². The van der Waals surface area contributed by atoms with Crippen LogP contribution in [0.2, 0.25) is 0 Å². The lowest BCUT2D eigenvalue weighted by molar-refractivity contribution is -0.386. The zero-order valence-electron chi connectivity index (χ0n) is 14.4. The Balaban J connectivity index is 1.66. The number of nitrogens with zero attached hydrogens (tertiary/aromatic N) is 5. The fourth-order valence-corrected chi connectivity index (χ4v) is 2.99. The molecule has 0 aliphatic heterocycles. The van der Waals surface area contributed by atoms with E-state index in [9.17, 15) is 14.9 Å². The number of aromatic nitrogens is 3. The van der Waals surface area contributed by atoms with Gasteiger partial charge in [0.05, 0.1) is 23.7 Å². The van der Waals surface area contributed by atoms with Gasteiger partial charge in [0.15, 0.2) is 0 Å². The maximum atomic E-state index is 12.7. The molecule has 0 aromatic carbocycles. The molecule has 1 amide bonds. The zero-order valence-corrected chi connectivity index (χ0v) is 14.4. The molecule has 8 heteroatoms. The molecule has 2 aromatic rings. The Morgan fingerprint density at radius 2 is 2.16 bits per heavy atom. The van der Waals surface area contributed by atoms with Gasteiger partial charge in [0.25, 0.3) is 0 Å². The van der Waals surface area contributed by atoms with E-state index in [0.29, 0.717) is 24.5 Å². The quantitative estimate of drug-likeness (QED) is 0.568. The van der Waals surface area contributed by atoms with Gasteiger partial charge in [0.1, 0.15) is 11.4 Å². The number of rotatable bonds is 7. The topological polar surface area (TPSA) is 94.2 Å². The van der Waals surface area contributed by atoms with Crippen molar-refractivity contribution >= 4 is 11.6 Å². The molecule has 3 rings (SSSR count). The molecule has 0 spiro atoms. The van der Waals surface area contributed by atoms with Crippen molar-refractivity contribution in [2.45, 2.75) is 52.2 Å². The highest BCUT2D eigenvalue weighted by Gasteiger charge is 2.32. The van der Waals surface area contributed by atoms with Crippen molar-refractivity contribution in [3.8, 4) is 0 Å². The van der Waals surface area contributed by atoms with Crippen molar-refractivity contribution in [1.82, 2.24) is 19.7 Å². The Morgan fingerprint density at radius 1 is 1.40 bits per heavy atom. The van der Waals surface area contributed by atoms with E-state index < -0.39 is 4.92 Å². The van der Waals surface area contributed by atoms with Crippen molar-refractivity contribution in [1.29, 1.82) is 0 Å². The number of carbonyl (C=O) groups excluding carboxylic acids is 1. The van der Waals surface area contributed by atoms with Crippen molar-refractivity contribution < 1.29 is 9.72 Å². The number of nitro groups is 1. The van der Waals surface area contributed by atoms with Crippen LogP contribution >= 0.6 is 0 Å². The second kappa shape index (κ2) is 7.00. The van der Waals surface area contributed by atoms with Crippen LogP contribution in [0.25, 0.3) is 0 Å². The lowest BCUT2D eigenvalue weighted by atomic mass is 10.2. The Labute approximate surface area is 145 Å². The first-order chi connectivity index (χ1) is 12.0. The summed E-state index contributed by atoms with van der Waals surface area (Å²) in [6.45, 7) is 4.11. The lowest BCUT2D eigenvalue weighted by Crippen LogP contribution is -2.33. The monoisotopic (exact) mass is 343 g/mol. The molecule has 0 radical (unpaired) electrons. The molecule has 0 saturated heterocycles. The second-order valence-electron chi connectivity index (χ2n) is 6.32. The molecule has 1 aliphatic carbocycles. The summed E-state index contributed by atoms with van der Waals surface area (Å²) in [5.41, 5.74) is 1.75. The normalized spacial score (nSPS) is 13.7. The van der Waals surface area contributed by atoms with E-state index in [1.165, 1.54) is 0 Å². The van der Waals surface area contributed by atoms with Crippen LogP contribution in [0.15, 0.2) is 24.4 Å². The average Bonchev–Trinajstić information content (AvgIpc) is 3.37. The van der Waals surface area contributed by atoms with E-state index in [4.69, 9.17) is 0 Å². The van der Waals surface area contributed by atoms with Gasteiger partial charge in [-0.2, -0.15) is 5.10 Å². The summed E-state index contributed by atoms with van der Waals surface area (Å²) in [7, 11) is 0. The first-order valence-electron chi connectivity index (χ1n) is 8.35. The highest BCUT2D eigenvalue weighted by atomic mass is 16.6. The van der Waals surface area contributed by atoms with Crippen LogP contribution in [-0.4, -0.2) is 36.5 Å². The summed E-state index contributed by atoms with van der Waals surface area (Å²) in [4.78, 5) is 29.5. The first kappa shape index (κ1) is 17.1. The number of hydrogen-bond donors (Lipinski definition) is 0. The zero-order chi connectivity index (χ0) is 18.0. The van der Waals surface area contributed by atoms with Gasteiger partial charge in [-0.05, 0) is 38.8 Å². The van der Waals surface area contributed by atoms with Crippen LogP contribution < -0.4 is 0 Å². The van der Waals surface area contributed by atoms with Gasteiger partial charge in [-0.25, -0.2) is 0 Å². The molecule has 2 aromatic heterocycles. The SMILES string of the molecule is Cc1nn(CCC(=O)N(Cc2ccccn2)C2CC2)c(C)c1[N+](=O)[O-]. The Kier molecular flexibility index (Phi) is 4.78. The number of pyridine rings is 1. The molecule has 0 atom stereocenters. The van der Waals surface area contributed by atoms with Crippen LogP contribution in [-0.2, 0) is 17.9 Å². The number of amides is 1. The molecule has 132 valence electrons. The van der Waals surface area contributed by atoms with Crippen molar-refractivity contribution in [3.63, 3.8) is 0 Å². The summed E-state index contributed by atoms with van der Waals surface area (Å²) in [5, 5.41) is 15.3. The Morgan fingerprint density at radius 3 is 2.72 bits per heavy atom. The third-order valence-corrected chi connectivity index (χ3v) is 4.43. The van der Waals surface area contributed by atoms with Gasteiger partial charge >= 0.3 is 5.69 Å². The minimum Gasteiger partial charge on any atom is -0.334 e. The van der Waals surface area contributed by atoms with Crippen LogP contribution in [0.3, 0.4) is 0 Å². The molecular formula is C17H21N5O3. The fourth-order valence-electron chi connectivity index (χ4n) is 2.99. The maximum Gasteiger partial charge on any atom is 0.312 e. The minimum absolute atomic E-state index is 0.0278. The smallest absolute Gasteiger partial charge is 0.312 e. The summed E-state index contributed by atoms with van der Waals surface area (Å²) in [6, 6.07) is 5.95. The van der Waals surface area contributed by atoms with E-state index >= 15 is 0 Å². The minimum atomic E-state index is -0.423. The first-order valence-corrected chi connectivity index (χ1v) is 8.35. The number of carbonyl (C=O) groups is 1. The van der Waals surface area contributed by atoms with Crippen LogP contribution in [0.1, 0.15) is 36.3 Å². The molecule has 0 N–H and O–H groups in total.